The van der Waals surface area contributed by atoms with Crippen LogP contribution in [0.1, 0.15) is 28.6 Å². The predicted molar refractivity (Wildman–Crippen MR) is 79.1 cm³/mol. The summed E-state index contributed by atoms with van der Waals surface area (Å²) in [6, 6.07) is 1.61. The van der Waals surface area contributed by atoms with Crippen molar-refractivity contribution in [2.45, 2.75) is 26.3 Å². The summed E-state index contributed by atoms with van der Waals surface area (Å²) in [6.07, 6.45) is 7.74. The van der Waals surface area contributed by atoms with Gasteiger partial charge >= 0.3 is 0 Å². The van der Waals surface area contributed by atoms with Crippen molar-refractivity contribution in [1.29, 1.82) is 0 Å². The molecule has 2 aromatic rings. The largest absolute Gasteiger partial charge is 0.397 e. The zero-order valence-corrected chi connectivity index (χ0v) is 11.7. The van der Waals surface area contributed by atoms with Crippen LogP contribution in [0, 0.1) is 19.3 Å². The lowest BCUT2D eigenvalue weighted by molar-refractivity contribution is 0.0950. The minimum absolute atomic E-state index is 0.232. The van der Waals surface area contributed by atoms with Gasteiger partial charge in [-0.2, -0.15) is 0 Å². The average molecular weight is 273 g/mol. The van der Waals surface area contributed by atoms with E-state index in [4.69, 9.17) is 12.2 Å². The second-order valence-corrected chi connectivity index (χ2v) is 5.25. The number of hydrogen-bond acceptors (Lipinski definition) is 4. The van der Waals surface area contributed by atoms with Crippen molar-refractivity contribution in [2.24, 2.45) is 0 Å². The number of thiophene rings is 1. The number of nitrogen functional groups attached to an aromatic ring is 1. The molecule has 0 aromatic carbocycles. The number of nitrogens with zero attached hydrogens (tertiary/aromatic N) is 1. The van der Waals surface area contributed by atoms with Gasteiger partial charge in [0.05, 0.1) is 11.7 Å². The highest BCUT2D eigenvalue weighted by Gasteiger charge is 2.19. The van der Waals surface area contributed by atoms with Crippen molar-refractivity contribution >= 4 is 33.1 Å². The third-order valence-electron chi connectivity index (χ3n) is 2.96. The molecular weight excluding hydrogens is 258 g/mol. The van der Waals surface area contributed by atoms with Gasteiger partial charge in [0.1, 0.15) is 9.71 Å². The third kappa shape index (κ3) is 2.40. The van der Waals surface area contributed by atoms with Gasteiger partial charge in [-0.15, -0.1) is 17.8 Å². The summed E-state index contributed by atoms with van der Waals surface area (Å²) in [6.45, 7) is 3.87. The molecule has 4 nitrogen and oxygen atoms in total. The second kappa shape index (κ2) is 5.29. The molecule has 2 heterocycles. The Kier molecular flexibility index (Phi) is 3.72. The number of carbonyl (C=O) groups is 1. The lowest BCUT2D eigenvalue weighted by atomic mass is 10.1. The Labute approximate surface area is 116 Å². The summed E-state index contributed by atoms with van der Waals surface area (Å²) in [7, 11) is 0. The summed E-state index contributed by atoms with van der Waals surface area (Å²) < 4.78 is 0. The number of aryl methyl sites for hydroxylation is 1. The molecule has 0 aliphatic heterocycles. The van der Waals surface area contributed by atoms with Gasteiger partial charge in [-0.05, 0) is 25.0 Å². The smallest absolute Gasteiger partial charge is 0.264 e. The first-order valence-electron chi connectivity index (χ1n) is 5.99. The molecule has 5 heteroatoms. The first-order chi connectivity index (χ1) is 9.08. The maximum atomic E-state index is 12.2. The molecule has 1 unspecified atom stereocenters. The topological polar surface area (TPSA) is 68.0 Å². The number of hydrogen-bond donors (Lipinski definition) is 2. The van der Waals surface area contributed by atoms with Crippen molar-refractivity contribution < 1.29 is 4.79 Å². The zero-order chi connectivity index (χ0) is 14.0. The van der Waals surface area contributed by atoms with Crippen molar-refractivity contribution in [3.05, 3.63) is 22.7 Å². The van der Waals surface area contributed by atoms with Crippen LogP contribution < -0.4 is 11.1 Å². The number of nitrogens with one attached hydrogen (secondary N) is 1. The number of anilines is 1. The molecule has 2 aromatic heterocycles. The third-order valence-corrected chi connectivity index (χ3v) is 4.07. The molecule has 0 spiro atoms. The quantitative estimate of drug-likeness (QED) is 0.843. The van der Waals surface area contributed by atoms with Gasteiger partial charge in [0.2, 0.25) is 0 Å². The van der Waals surface area contributed by atoms with Crippen LogP contribution in [0.15, 0.2) is 12.3 Å². The molecule has 0 fully saturated rings. The number of carbonyl (C=O) groups excluding carboxylic acids is 1. The Balaban J connectivity index is 2.41. The first kappa shape index (κ1) is 13.4. The van der Waals surface area contributed by atoms with Crippen LogP contribution in [0.4, 0.5) is 5.69 Å². The van der Waals surface area contributed by atoms with Crippen LogP contribution in [0.25, 0.3) is 10.2 Å². The molecule has 1 atom stereocenters. The van der Waals surface area contributed by atoms with Crippen LogP contribution in [0.5, 0.6) is 0 Å². The van der Waals surface area contributed by atoms with Crippen molar-refractivity contribution in [3.8, 4) is 12.3 Å². The molecule has 1 amide bonds. The Hall–Kier alpha value is -2.06. The van der Waals surface area contributed by atoms with Gasteiger partial charge in [-0.1, -0.05) is 12.8 Å². The Morgan fingerprint density at radius 1 is 1.68 bits per heavy atom. The van der Waals surface area contributed by atoms with E-state index in [2.05, 4.69) is 16.2 Å². The average Bonchev–Trinajstić information content (AvgIpc) is 2.74. The molecule has 0 aliphatic rings. The number of amides is 1. The molecule has 0 saturated carbocycles. The van der Waals surface area contributed by atoms with Crippen LogP contribution in [0.2, 0.25) is 0 Å². The van der Waals surface area contributed by atoms with E-state index in [0.29, 0.717) is 17.0 Å². The van der Waals surface area contributed by atoms with E-state index in [1.807, 2.05) is 19.9 Å². The highest BCUT2D eigenvalue weighted by atomic mass is 32.1. The number of terminal acetylenes is 1. The van der Waals surface area contributed by atoms with E-state index in [0.717, 1.165) is 15.8 Å². The van der Waals surface area contributed by atoms with E-state index < -0.39 is 0 Å². The van der Waals surface area contributed by atoms with Crippen molar-refractivity contribution in [3.63, 3.8) is 0 Å². The SMILES string of the molecule is C#CC(CC)NC(=O)c1sc2nccc(C)c2c1N. The van der Waals surface area contributed by atoms with Crippen LogP contribution >= 0.6 is 11.3 Å². The molecule has 19 heavy (non-hydrogen) atoms. The van der Waals surface area contributed by atoms with E-state index in [1.54, 1.807) is 6.20 Å². The minimum atomic E-state index is -0.272. The maximum Gasteiger partial charge on any atom is 0.264 e. The van der Waals surface area contributed by atoms with Gasteiger partial charge in [0.15, 0.2) is 0 Å². The number of pyridine rings is 1. The summed E-state index contributed by atoms with van der Waals surface area (Å²) in [4.78, 5) is 17.7. The molecule has 0 aliphatic carbocycles. The number of nitrogens with two attached hydrogens (primary N) is 1. The summed E-state index contributed by atoms with van der Waals surface area (Å²) in [5.41, 5.74) is 7.55. The lowest BCUT2D eigenvalue weighted by Crippen LogP contribution is -2.33. The van der Waals surface area contributed by atoms with E-state index in [-0.39, 0.29) is 11.9 Å². The van der Waals surface area contributed by atoms with Gasteiger partial charge < -0.3 is 11.1 Å². The van der Waals surface area contributed by atoms with Crippen LogP contribution in [-0.4, -0.2) is 16.9 Å². The van der Waals surface area contributed by atoms with Gasteiger partial charge in [0.25, 0.3) is 5.91 Å². The van der Waals surface area contributed by atoms with E-state index in [1.165, 1.54) is 11.3 Å². The summed E-state index contributed by atoms with van der Waals surface area (Å²) in [5, 5.41) is 3.63. The Morgan fingerprint density at radius 2 is 2.42 bits per heavy atom. The minimum Gasteiger partial charge on any atom is -0.397 e. The fourth-order valence-corrected chi connectivity index (χ4v) is 2.90. The first-order valence-corrected chi connectivity index (χ1v) is 6.80. The number of rotatable bonds is 3. The van der Waals surface area contributed by atoms with Gasteiger partial charge in [-0.3, -0.25) is 4.79 Å². The van der Waals surface area contributed by atoms with Crippen LogP contribution in [-0.2, 0) is 0 Å². The number of aromatic nitrogens is 1. The highest BCUT2D eigenvalue weighted by molar-refractivity contribution is 7.21. The molecule has 3 N–H and O–H groups in total. The number of fused-ring (bicyclic) bond motifs is 1. The zero-order valence-electron chi connectivity index (χ0n) is 10.9. The normalized spacial score (nSPS) is 12.1. The van der Waals surface area contributed by atoms with Crippen LogP contribution in [0.3, 0.4) is 0 Å². The van der Waals surface area contributed by atoms with Crippen molar-refractivity contribution in [1.82, 2.24) is 10.3 Å². The Bertz CT molecular complexity index is 669. The molecule has 2 rings (SSSR count). The van der Waals surface area contributed by atoms with E-state index in [9.17, 15) is 4.79 Å². The second-order valence-electron chi connectivity index (χ2n) is 4.25. The standard InChI is InChI=1S/C14H15N3OS/c1-4-9(5-2)17-13(18)12-11(15)10-8(3)6-7-16-14(10)19-12/h1,6-7,9H,5,15H2,2-3H3,(H,17,18). The van der Waals surface area contributed by atoms with E-state index >= 15 is 0 Å². The Morgan fingerprint density at radius 3 is 3.00 bits per heavy atom. The predicted octanol–water partition coefficient (Wildman–Crippen LogP) is 2.33. The monoisotopic (exact) mass is 273 g/mol. The summed E-state index contributed by atoms with van der Waals surface area (Å²) >= 11 is 1.29. The molecular formula is C14H15N3OS. The highest BCUT2D eigenvalue weighted by Crippen LogP contribution is 2.34. The fraction of sp³-hybridized carbons (Fsp3) is 0.286. The molecule has 0 bridgehead atoms. The molecule has 0 radical (unpaired) electrons. The van der Waals surface area contributed by atoms with Crippen molar-refractivity contribution in [2.75, 3.05) is 5.73 Å². The molecule has 98 valence electrons. The van der Waals surface area contributed by atoms with Gasteiger partial charge in [-0.25, -0.2) is 4.98 Å². The van der Waals surface area contributed by atoms with Gasteiger partial charge in [0, 0.05) is 11.6 Å². The lowest BCUT2D eigenvalue weighted by Gasteiger charge is -2.09. The fourth-order valence-electron chi connectivity index (χ4n) is 1.86. The molecule has 0 saturated heterocycles. The maximum absolute atomic E-state index is 12.2. The summed E-state index contributed by atoms with van der Waals surface area (Å²) in [5.74, 6) is 2.30.